The lowest BCUT2D eigenvalue weighted by molar-refractivity contribution is -0.0817. The minimum Gasteiger partial charge on any atom is -0.497 e. The zero-order valence-electron chi connectivity index (χ0n) is 19.5. The number of hydrogen-bond donors (Lipinski definition) is 1. The number of nitrogens with one attached hydrogen (secondary N) is 1. The van der Waals surface area contributed by atoms with Crippen molar-refractivity contribution in [2.75, 3.05) is 59.6 Å². The van der Waals surface area contributed by atoms with Crippen molar-refractivity contribution < 1.29 is 14.2 Å². The van der Waals surface area contributed by atoms with E-state index < -0.39 is 0 Å². The molecule has 3 atom stereocenters. The Hall–Kier alpha value is -1.10. The SMILES string of the molecule is CCNC(=NCC(c1cccc(OC)c1)N1CCCC1)N1CCOC(C2CCCO2)C1.I. The summed E-state index contributed by atoms with van der Waals surface area (Å²) in [5.74, 6) is 1.89. The van der Waals surface area contributed by atoms with Gasteiger partial charge in [0.25, 0.3) is 0 Å². The Morgan fingerprint density at radius 1 is 1.16 bits per heavy atom. The van der Waals surface area contributed by atoms with Crippen molar-refractivity contribution in [3.05, 3.63) is 29.8 Å². The fourth-order valence-electron chi connectivity index (χ4n) is 4.92. The average molecular weight is 559 g/mol. The van der Waals surface area contributed by atoms with E-state index in [0.717, 1.165) is 77.0 Å². The Morgan fingerprint density at radius 3 is 2.69 bits per heavy atom. The van der Waals surface area contributed by atoms with Gasteiger partial charge in [0, 0.05) is 26.2 Å². The molecular weight excluding hydrogens is 519 g/mol. The highest BCUT2D eigenvalue weighted by Gasteiger charge is 2.32. The lowest BCUT2D eigenvalue weighted by atomic mass is 10.1. The fourth-order valence-corrected chi connectivity index (χ4v) is 4.92. The summed E-state index contributed by atoms with van der Waals surface area (Å²) in [4.78, 5) is 10.0. The molecule has 3 saturated heterocycles. The molecule has 3 aliphatic rings. The number of ether oxygens (including phenoxy) is 3. The molecule has 1 aromatic rings. The Bertz CT molecular complexity index is 723. The van der Waals surface area contributed by atoms with Gasteiger partial charge in [-0.25, -0.2) is 0 Å². The summed E-state index contributed by atoms with van der Waals surface area (Å²) in [7, 11) is 1.73. The van der Waals surface area contributed by atoms with Crippen molar-refractivity contribution >= 4 is 29.9 Å². The van der Waals surface area contributed by atoms with Gasteiger partial charge in [-0.1, -0.05) is 12.1 Å². The normalized spacial score (nSPS) is 25.4. The zero-order valence-corrected chi connectivity index (χ0v) is 21.8. The maximum Gasteiger partial charge on any atom is 0.194 e. The molecule has 1 aromatic carbocycles. The number of methoxy groups -OCH3 is 1. The molecule has 4 rings (SSSR count). The van der Waals surface area contributed by atoms with Gasteiger partial charge >= 0.3 is 0 Å². The molecule has 0 aliphatic carbocycles. The molecule has 0 aromatic heterocycles. The van der Waals surface area contributed by atoms with Gasteiger partial charge in [0.05, 0.1) is 32.4 Å². The van der Waals surface area contributed by atoms with Crippen LogP contribution < -0.4 is 10.1 Å². The highest BCUT2D eigenvalue weighted by molar-refractivity contribution is 14.0. The molecule has 7 nitrogen and oxygen atoms in total. The monoisotopic (exact) mass is 558 g/mol. The van der Waals surface area contributed by atoms with Crippen LogP contribution in [0.2, 0.25) is 0 Å². The van der Waals surface area contributed by atoms with Crippen molar-refractivity contribution in [3.63, 3.8) is 0 Å². The second-order valence-corrected chi connectivity index (χ2v) is 8.64. The van der Waals surface area contributed by atoms with Crippen LogP contribution in [0.15, 0.2) is 29.3 Å². The number of halogens is 1. The summed E-state index contributed by atoms with van der Waals surface area (Å²) in [5.41, 5.74) is 1.28. The predicted octanol–water partition coefficient (Wildman–Crippen LogP) is 3.30. The van der Waals surface area contributed by atoms with E-state index in [1.165, 1.54) is 18.4 Å². The minimum absolute atomic E-state index is 0. The highest BCUT2D eigenvalue weighted by atomic mass is 127. The standard InChI is InChI=1S/C24H38N4O3.HI/c1-3-25-24(28-13-15-31-23(18-28)22-10-7-14-30-22)26-17-21(27-11-4-5-12-27)19-8-6-9-20(16-19)29-2;/h6,8-9,16,21-23H,3-5,7,10-15,17-18H2,1-2H3,(H,25,26);1H. The van der Waals surface area contributed by atoms with Crippen molar-refractivity contribution in [1.82, 2.24) is 15.1 Å². The summed E-state index contributed by atoms with van der Waals surface area (Å²) >= 11 is 0. The topological polar surface area (TPSA) is 58.6 Å². The maximum atomic E-state index is 6.05. The summed E-state index contributed by atoms with van der Waals surface area (Å²) < 4.78 is 17.4. The highest BCUT2D eigenvalue weighted by Crippen LogP contribution is 2.28. The van der Waals surface area contributed by atoms with Crippen molar-refractivity contribution in [2.24, 2.45) is 4.99 Å². The number of hydrogen-bond acceptors (Lipinski definition) is 5. The number of nitrogens with zero attached hydrogens (tertiary/aromatic N) is 3. The Morgan fingerprint density at radius 2 is 1.97 bits per heavy atom. The van der Waals surface area contributed by atoms with Crippen LogP contribution >= 0.6 is 24.0 Å². The van der Waals surface area contributed by atoms with Crippen molar-refractivity contribution in [3.8, 4) is 5.75 Å². The summed E-state index contributed by atoms with van der Waals surface area (Å²) in [6.07, 6.45) is 5.11. The first-order valence-corrected chi connectivity index (χ1v) is 11.9. The lowest BCUT2D eigenvalue weighted by Gasteiger charge is -2.37. The molecular formula is C24H39IN4O3. The van der Waals surface area contributed by atoms with Gasteiger partial charge in [-0.05, 0) is 63.4 Å². The van der Waals surface area contributed by atoms with Crippen LogP contribution in [0.4, 0.5) is 0 Å². The van der Waals surface area contributed by atoms with Gasteiger partial charge < -0.3 is 24.4 Å². The van der Waals surface area contributed by atoms with Gasteiger partial charge in [0.15, 0.2) is 5.96 Å². The van der Waals surface area contributed by atoms with Crippen molar-refractivity contribution in [2.45, 2.75) is 50.9 Å². The smallest absolute Gasteiger partial charge is 0.194 e. The third kappa shape index (κ3) is 6.48. The van der Waals surface area contributed by atoms with Gasteiger partial charge in [-0.2, -0.15) is 0 Å². The third-order valence-electron chi connectivity index (χ3n) is 6.58. The number of benzene rings is 1. The van der Waals surface area contributed by atoms with Crippen LogP contribution in [0.1, 0.15) is 44.2 Å². The predicted molar refractivity (Wildman–Crippen MR) is 138 cm³/mol. The molecule has 8 heteroatoms. The van der Waals surface area contributed by atoms with Gasteiger partial charge in [0.2, 0.25) is 0 Å². The number of guanidine groups is 1. The van der Waals surface area contributed by atoms with E-state index in [1.807, 2.05) is 6.07 Å². The molecule has 0 amide bonds. The molecule has 32 heavy (non-hydrogen) atoms. The molecule has 0 radical (unpaired) electrons. The zero-order chi connectivity index (χ0) is 21.5. The Kier molecular flexibility index (Phi) is 10.3. The molecule has 180 valence electrons. The fraction of sp³-hybridized carbons (Fsp3) is 0.708. The number of rotatable bonds is 7. The van der Waals surface area contributed by atoms with E-state index in [2.05, 4.69) is 40.2 Å². The first-order chi connectivity index (χ1) is 15.3. The maximum absolute atomic E-state index is 6.05. The number of likely N-dealkylation sites (tertiary alicyclic amines) is 1. The van der Waals surface area contributed by atoms with Crippen LogP contribution in [-0.2, 0) is 9.47 Å². The molecule has 3 fully saturated rings. The first kappa shape index (κ1) is 25.5. The third-order valence-corrected chi connectivity index (χ3v) is 6.58. The first-order valence-electron chi connectivity index (χ1n) is 11.9. The number of aliphatic imine (C=N–C) groups is 1. The Labute approximate surface area is 209 Å². The van der Waals surface area contributed by atoms with Gasteiger partial charge in [-0.3, -0.25) is 9.89 Å². The van der Waals surface area contributed by atoms with Crippen molar-refractivity contribution in [1.29, 1.82) is 0 Å². The summed E-state index contributed by atoms with van der Waals surface area (Å²) in [6.45, 7) is 9.27. The quantitative estimate of drug-likeness (QED) is 0.315. The number of morpholine rings is 1. The van der Waals surface area contributed by atoms with E-state index in [-0.39, 0.29) is 42.2 Å². The average Bonchev–Trinajstić information content (AvgIpc) is 3.54. The molecule has 0 bridgehead atoms. The minimum atomic E-state index is 0. The molecule has 3 aliphatic heterocycles. The van der Waals surface area contributed by atoms with E-state index in [1.54, 1.807) is 7.11 Å². The molecule has 0 spiro atoms. The molecule has 0 saturated carbocycles. The van der Waals surface area contributed by atoms with Crippen LogP contribution in [0.3, 0.4) is 0 Å². The van der Waals surface area contributed by atoms with Crippen LogP contribution in [0, 0.1) is 0 Å². The van der Waals surface area contributed by atoms with Crippen LogP contribution in [-0.4, -0.2) is 87.6 Å². The summed E-state index contributed by atoms with van der Waals surface area (Å²) in [6, 6.07) is 8.72. The lowest BCUT2D eigenvalue weighted by Crippen LogP contribution is -2.53. The van der Waals surface area contributed by atoms with Gasteiger partial charge in [-0.15, -0.1) is 24.0 Å². The second kappa shape index (κ2) is 13.0. The van der Waals surface area contributed by atoms with Crippen LogP contribution in [0.25, 0.3) is 0 Å². The molecule has 3 unspecified atom stereocenters. The molecule has 3 heterocycles. The van der Waals surface area contributed by atoms with E-state index in [4.69, 9.17) is 19.2 Å². The van der Waals surface area contributed by atoms with E-state index in [0.29, 0.717) is 0 Å². The Balaban J connectivity index is 0.00000289. The van der Waals surface area contributed by atoms with E-state index in [9.17, 15) is 0 Å². The largest absolute Gasteiger partial charge is 0.497 e. The van der Waals surface area contributed by atoms with Crippen LogP contribution in [0.5, 0.6) is 5.75 Å². The second-order valence-electron chi connectivity index (χ2n) is 8.64. The molecule has 1 N–H and O–H groups in total. The van der Waals surface area contributed by atoms with E-state index >= 15 is 0 Å². The summed E-state index contributed by atoms with van der Waals surface area (Å²) in [5, 5.41) is 3.52. The van der Waals surface area contributed by atoms with Gasteiger partial charge in [0.1, 0.15) is 11.9 Å².